The first-order valence-corrected chi connectivity index (χ1v) is 12.6. The van der Waals surface area contributed by atoms with E-state index in [1.165, 1.54) is 16.9 Å². The number of aromatic nitrogens is 5. The number of amides is 1. The summed E-state index contributed by atoms with van der Waals surface area (Å²) < 4.78 is 0. The molecule has 0 unspecified atom stereocenters. The maximum absolute atomic E-state index is 12.5. The number of fused-ring (bicyclic) bond motifs is 1. The molecule has 0 bridgehead atoms. The van der Waals surface area contributed by atoms with E-state index in [2.05, 4.69) is 20.5 Å². The minimum atomic E-state index is -1.48. The number of anilines is 1. The molecule has 1 aliphatic carbocycles. The lowest BCUT2D eigenvalue weighted by Gasteiger charge is -2.22. The first-order valence-electron chi connectivity index (χ1n) is 11.7. The van der Waals surface area contributed by atoms with Crippen LogP contribution in [0.15, 0.2) is 48.1 Å². The predicted octanol–water partition coefficient (Wildman–Crippen LogP) is 3.53. The number of hydrogen-bond acceptors (Lipinski definition) is 8. The Balaban J connectivity index is 1.25. The van der Waals surface area contributed by atoms with Gasteiger partial charge in [-0.2, -0.15) is 5.10 Å². The molecular formula is C25H25N7O2S. The third-order valence-corrected chi connectivity index (χ3v) is 7.75. The molecule has 2 atom stereocenters. The predicted molar refractivity (Wildman–Crippen MR) is 133 cm³/mol. The summed E-state index contributed by atoms with van der Waals surface area (Å²) in [5, 5.41) is 24.5. The number of rotatable bonds is 5. The van der Waals surface area contributed by atoms with Gasteiger partial charge in [0.1, 0.15) is 10.7 Å². The number of H-pyrrole nitrogens is 1. The highest BCUT2D eigenvalue weighted by molar-refractivity contribution is 7.13. The zero-order valence-electron chi connectivity index (χ0n) is 19.2. The largest absolute Gasteiger partial charge is 0.375 e. The summed E-state index contributed by atoms with van der Waals surface area (Å²) in [5.41, 5.74) is 3.80. The topological polar surface area (TPSA) is 120 Å². The van der Waals surface area contributed by atoms with Crippen LogP contribution >= 0.6 is 11.3 Å². The second kappa shape index (κ2) is 8.54. The number of nitrogens with zero attached hydrogens (tertiary/aromatic N) is 5. The smallest absolute Gasteiger partial charge is 0.258 e. The van der Waals surface area contributed by atoms with Crippen molar-refractivity contribution in [3.63, 3.8) is 0 Å². The number of likely N-dealkylation sites (N-methyl/N-ethyl adjacent to an activating group) is 1. The van der Waals surface area contributed by atoms with E-state index in [0.29, 0.717) is 24.5 Å². The summed E-state index contributed by atoms with van der Waals surface area (Å²) in [5.74, 6) is 0.285. The molecule has 3 aromatic heterocycles. The van der Waals surface area contributed by atoms with Crippen molar-refractivity contribution in [2.75, 3.05) is 18.9 Å². The van der Waals surface area contributed by atoms with Crippen LogP contribution in [-0.2, 0) is 16.8 Å². The highest BCUT2D eigenvalue weighted by Gasteiger charge is 2.45. The number of aliphatic hydroxyl groups is 1. The fraction of sp³-hybridized carbons (Fsp3) is 0.320. The zero-order chi connectivity index (χ0) is 24.0. The number of hydrogen-bond donors (Lipinski definition) is 3. The lowest BCUT2D eigenvalue weighted by Crippen LogP contribution is -2.36. The van der Waals surface area contributed by atoms with Gasteiger partial charge in [-0.25, -0.2) is 15.0 Å². The first kappa shape index (κ1) is 21.9. The minimum absolute atomic E-state index is 0.105. The van der Waals surface area contributed by atoms with Crippen molar-refractivity contribution in [3.8, 4) is 22.0 Å². The van der Waals surface area contributed by atoms with Crippen LogP contribution in [-0.4, -0.2) is 54.7 Å². The molecule has 3 N–H and O–H groups in total. The summed E-state index contributed by atoms with van der Waals surface area (Å²) in [7, 11) is 1.71. The van der Waals surface area contributed by atoms with E-state index >= 15 is 0 Å². The van der Waals surface area contributed by atoms with Crippen molar-refractivity contribution < 1.29 is 9.90 Å². The number of benzene rings is 1. The van der Waals surface area contributed by atoms with Crippen LogP contribution in [0.2, 0.25) is 0 Å². The van der Waals surface area contributed by atoms with Crippen molar-refractivity contribution in [1.29, 1.82) is 0 Å². The van der Waals surface area contributed by atoms with Crippen LogP contribution in [0.25, 0.3) is 22.0 Å². The van der Waals surface area contributed by atoms with E-state index in [9.17, 15) is 9.90 Å². The number of thiazole rings is 1. The molecule has 35 heavy (non-hydrogen) atoms. The van der Waals surface area contributed by atoms with E-state index in [-0.39, 0.29) is 11.9 Å². The van der Waals surface area contributed by atoms with Crippen LogP contribution < -0.4 is 5.32 Å². The van der Waals surface area contributed by atoms with Crippen molar-refractivity contribution in [2.45, 2.75) is 37.3 Å². The van der Waals surface area contributed by atoms with E-state index in [4.69, 9.17) is 9.97 Å². The van der Waals surface area contributed by atoms with E-state index in [1.807, 2.05) is 35.8 Å². The number of aromatic amines is 1. The average Bonchev–Trinajstić information content (AvgIpc) is 3.62. The van der Waals surface area contributed by atoms with E-state index in [1.54, 1.807) is 24.2 Å². The molecule has 0 saturated carbocycles. The van der Waals surface area contributed by atoms with Gasteiger partial charge < -0.3 is 15.3 Å². The van der Waals surface area contributed by atoms with Gasteiger partial charge in [0.2, 0.25) is 5.95 Å². The number of carbonyl (C=O) groups is 1. The van der Waals surface area contributed by atoms with Crippen molar-refractivity contribution in [2.24, 2.45) is 0 Å². The number of carbonyl (C=O) groups excluding carboxylic acids is 1. The van der Waals surface area contributed by atoms with E-state index < -0.39 is 5.60 Å². The molecule has 1 aliphatic heterocycles. The summed E-state index contributed by atoms with van der Waals surface area (Å²) in [6.07, 6.45) is 7.13. The Kier molecular flexibility index (Phi) is 5.34. The summed E-state index contributed by atoms with van der Waals surface area (Å²) >= 11 is 1.50. The molecule has 0 spiro atoms. The molecule has 178 valence electrons. The van der Waals surface area contributed by atoms with Crippen molar-refractivity contribution >= 4 is 23.2 Å². The lowest BCUT2D eigenvalue weighted by molar-refractivity contribution is -0.143. The monoisotopic (exact) mass is 487 g/mol. The molecular weight excluding hydrogens is 462 g/mol. The summed E-state index contributed by atoms with van der Waals surface area (Å²) in [4.78, 5) is 28.0. The van der Waals surface area contributed by atoms with Crippen molar-refractivity contribution in [3.05, 3.63) is 64.9 Å². The van der Waals surface area contributed by atoms with Gasteiger partial charge in [0.05, 0.1) is 23.6 Å². The molecule has 2 aliphatic rings. The highest BCUT2D eigenvalue weighted by atomic mass is 32.1. The van der Waals surface area contributed by atoms with Gasteiger partial charge in [-0.15, -0.1) is 11.3 Å². The van der Waals surface area contributed by atoms with E-state index in [0.717, 1.165) is 46.9 Å². The molecule has 6 rings (SSSR count). The maximum Gasteiger partial charge on any atom is 0.258 e. The quantitative estimate of drug-likeness (QED) is 0.394. The Labute approximate surface area is 206 Å². The average molecular weight is 488 g/mol. The maximum atomic E-state index is 12.5. The van der Waals surface area contributed by atoms with Gasteiger partial charge in [0.15, 0.2) is 5.60 Å². The second-order valence-electron chi connectivity index (χ2n) is 9.12. The third-order valence-electron chi connectivity index (χ3n) is 6.86. The molecule has 9 nitrogen and oxygen atoms in total. The van der Waals surface area contributed by atoms with Crippen LogP contribution in [0, 0.1) is 0 Å². The molecule has 1 amide bonds. The Bertz CT molecular complexity index is 1400. The van der Waals surface area contributed by atoms with Crippen LogP contribution in [0.3, 0.4) is 0 Å². The Morgan fingerprint density at radius 1 is 1.26 bits per heavy atom. The fourth-order valence-electron chi connectivity index (χ4n) is 4.89. The minimum Gasteiger partial charge on any atom is -0.375 e. The van der Waals surface area contributed by atoms with Crippen LogP contribution in [0.5, 0.6) is 0 Å². The number of aryl methyl sites for hydroxylation is 1. The molecule has 4 aromatic rings. The lowest BCUT2D eigenvalue weighted by atomic mass is 9.91. The van der Waals surface area contributed by atoms with Crippen LogP contribution in [0.4, 0.5) is 5.95 Å². The Morgan fingerprint density at radius 3 is 3.03 bits per heavy atom. The molecule has 1 aromatic carbocycles. The summed E-state index contributed by atoms with van der Waals surface area (Å²) in [6.45, 7) is 0.535. The van der Waals surface area contributed by atoms with Crippen molar-refractivity contribution in [1.82, 2.24) is 30.0 Å². The summed E-state index contributed by atoms with van der Waals surface area (Å²) in [6, 6.07) is 9.41. The number of likely N-dealkylation sites (tertiary alicyclic amines) is 1. The highest BCUT2D eigenvalue weighted by Crippen LogP contribution is 2.36. The van der Waals surface area contributed by atoms with Gasteiger partial charge in [-0.3, -0.25) is 9.89 Å². The molecule has 0 radical (unpaired) electrons. The molecule has 1 saturated heterocycles. The zero-order valence-corrected chi connectivity index (χ0v) is 20.0. The van der Waals surface area contributed by atoms with Gasteiger partial charge >= 0.3 is 0 Å². The first-order chi connectivity index (χ1) is 17.0. The van der Waals surface area contributed by atoms with Crippen LogP contribution in [0.1, 0.15) is 42.1 Å². The second-order valence-corrected chi connectivity index (χ2v) is 9.98. The SMILES string of the molecule is CN1CC[C@@](O)(c2cccc(-c3nc(-c4ccnc(N[C@H]5CCCc6cn[nH]c65)n4)cs3)c2)C1=O. The Morgan fingerprint density at radius 2 is 2.17 bits per heavy atom. The van der Waals surface area contributed by atoms with Gasteiger partial charge in [-0.05, 0) is 42.5 Å². The van der Waals surface area contributed by atoms with Gasteiger partial charge in [0.25, 0.3) is 5.91 Å². The normalized spacial score (nSPS) is 21.8. The third kappa shape index (κ3) is 3.88. The van der Waals surface area contributed by atoms with Gasteiger partial charge in [-0.1, -0.05) is 18.2 Å². The molecule has 10 heteroatoms. The Hall–Kier alpha value is -3.63. The standard InChI is InChI=1S/C25H25N7O2S/c1-32-11-9-25(34,23(32)33)17-6-2-4-15(12-17)22-28-20(14-35-22)18-8-10-26-24(29-18)30-19-7-3-5-16-13-27-31-21(16)19/h2,4,6,8,10,12-14,19,34H,3,5,7,9,11H2,1H3,(H,27,31)(H,26,29,30)/t19-,25+/m0/s1. The molecule has 4 heterocycles. The molecule has 1 fully saturated rings. The number of nitrogens with one attached hydrogen (secondary N) is 2. The fourth-order valence-corrected chi connectivity index (χ4v) is 5.70. The van der Waals surface area contributed by atoms with Gasteiger partial charge in [0, 0.05) is 37.2 Å².